The SMILES string of the molecule is Cc1cc(Nc2ncncc2C#N)cc2c1C(=O)NC21CCN(C)CC1.O=C(O)C(F)(F)F. The van der Waals surface area contributed by atoms with Crippen LogP contribution in [0.25, 0.3) is 0 Å². The Morgan fingerprint density at radius 2 is 1.97 bits per heavy atom. The Balaban J connectivity index is 0.000000383. The first-order valence-electron chi connectivity index (χ1n) is 9.90. The van der Waals surface area contributed by atoms with E-state index < -0.39 is 12.1 Å². The van der Waals surface area contributed by atoms with Crippen LogP contribution in [0.5, 0.6) is 0 Å². The molecule has 0 aliphatic carbocycles. The number of benzene rings is 1. The number of carboxylic acid groups (broad SMARTS) is 1. The molecule has 3 heterocycles. The summed E-state index contributed by atoms with van der Waals surface area (Å²) in [6.45, 7) is 3.84. The highest BCUT2D eigenvalue weighted by Crippen LogP contribution is 2.42. The fourth-order valence-corrected chi connectivity index (χ4v) is 3.93. The number of amides is 1. The molecule has 33 heavy (non-hydrogen) atoms. The molecule has 3 N–H and O–H groups in total. The van der Waals surface area contributed by atoms with Crippen molar-refractivity contribution in [1.82, 2.24) is 20.2 Å². The van der Waals surface area contributed by atoms with E-state index >= 15 is 0 Å². The van der Waals surface area contributed by atoms with Gasteiger partial charge in [-0.2, -0.15) is 18.4 Å². The molecule has 0 bridgehead atoms. The van der Waals surface area contributed by atoms with E-state index in [4.69, 9.17) is 9.90 Å². The third-order valence-electron chi connectivity index (χ3n) is 5.61. The zero-order valence-corrected chi connectivity index (χ0v) is 17.8. The lowest BCUT2D eigenvalue weighted by molar-refractivity contribution is -0.192. The van der Waals surface area contributed by atoms with Crippen molar-refractivity contribution in [3.05, 3.63) is 46.9 Å². The first-order chi connectivity index (χ1) is 15.5. The van der Waals surface area contributed by atoms with Crippen LogP contribution in [0.15, 0.2) is 24.7 Å². The predicted octanol–water partition coefficient (Wildman–Crippen LogP) is 2.70. The molecule has 2 aliphatic heterocycles. The summed E-state index contributed by atoms with van der Waals surface area (Å²) in [4.78, 5) is 31.8. The van der Waals surface area contributed by atoms with Crippen LogP contribution in [0.2, 0.25) is 0 Å². The maximum atomic E-state index is 12.6. The molecule has 12 heteroatoms. The highest BCUT2D eigenvalue weighted by Gasteiger charge is 2.45. The number of alkyl halides is 3. The van der Waals surface area contributed by atoms with Gasteiger partial charge < -0.3 is 20.6 Å². The van der Waals surface area contributed by atoms with Gasteiger partial charge in [-0.15, -0.1) is 0 Å². The molecule has 9 nitrogen and oxygen atoms in total. The van der Waals surface area contributed by atoms with Gasteiger partial charge in [0.1, 0.15) is 18.0 Å². The normalized spacial score (nSPS) is 16.8. The second kappa shape index (κ2) is 9.03. The number of piperidine rings is 1. The van der Waals surface area contributed by atoms with Gasteiger partial charge in [0.15, 0.2) is 5.82 Å². The van der Waals surface area contributed by atoms with E-state index in [1.807, 2.05) is 19.1 Å². The summed E-state index contributed by atoms with van der Waals surface area (Å²) in [6.07, 6.45) is -0.407. The number of aryl methyl sites for hydroxylation is 1. The summed E-state index contributed by atoms with van der Waals surface area (Å²) < 4.78 is 31.7. The predicted molar refractivity (Wildman–Crippen MR) is 111 cm³/mol. The zero-order chi connectivity index (χ0) is 24.4. The second-order valence-electron chi connectivity index (χ2n) is 7.88. The Morgan fingerprint density at radius 1 is 1.33 bits per heavy atom. The van der Waals surface area contributed by atoms with Crippen LogP contribution >= 0.6 is 0 Å². The standard InChI is InChI=1S/C19H20N6O.C2HF3O2/c1-12-7-14(23-17-13(9-20)10-21-11-22-17)8-15-16(12)18(26)24-19(15)3-5-25(2)6-4-19;3-2(4,5)1(6)7/h7-8,10-11H,3-6H2,1-2H3,(H,24,26)(H,21,22,23);(H,6,7). The van der Waals surface area contributed by atoms with Crippen LogP contribution < -0.4 is 10.6 Å². The largest absolute Gasteiger partial charge is 0.490 e. The Hall–Kier alpha value is -3.72. The van der Waals surface area contributed by atoms with Gasteiger partial charge in [0.05, 0.1) is 11.7 Å². The van der Waals surface area contributed by atoms with Gasteiger partial charge in [0, 0.05) is 24.3 Å². The molecule has 0 radical (unpaired) electrons. The number of aliphatic carboxylic acids is 1. The summed E-state index contributed by atoms with van der Waals surface area (Å²) in [5.74, 6) is -2.28. The van der Waals surface area contributed by atoms with Crippen molar-refractivity contribution < 1.29 is 27.9 Å². The molecular weight excluding hydrogens is 441 g/mol. The summed E-state index contributed by atoms with van der Waals surface area (Å²) >= 11 is 0. The molecule has 1 spiro atoms. The summed E-state index contributed by atoms with van der Waals surface area (Å²) in [5, 5.41) is 22.8. The molecule has 1 amide bonds. The lowest BCUT2D eigenvalue weighted by Crippen LogP contribution is -2.48. The number of hydrogen-bond donors (Lipinski definition) is 3. The first-order valence-corrected chi connectivity index (χ1v) is 9.90. The number of nitriles is 1. The number of carbonyl (C=O) groups is 2. The molecule has 1 aromatic heterocycles. The van der Waals surface area contributed by atoms with E-state index in [1.165, 1.54) is 12.5 Å². The fourth-order valence-electron chi connectivity index (χ4n) is 3.93. The van der Waals surface area contributed by atoms with E-state index in [-0.39, 0.29) is 11.4 Å². The number of nitrogens with one attached hydrogen (secondary N) is 2. The quantitative estimate of drug-likeness (QED) is 0.621. The number of halogens is 3. The van der Waals surface area contributed by atoms with Crippen molar-refractivity contribution in [2.75, 3.05) is 25.5 Å². The van der Waals surface area contributed by atoms with Crippen molar-refractivity contribution in [3.63, 3.8) is 0 Å². The first kappa shape index (κ1) is 23.9. The van der Waals surface area contributed by atoms with Crippen LogP contribution in [0.4, 0.5) is 24.7 Å². The van der Waals surface area contributed by atoms with Gasteiger partial charge in [0.25, 0.3) is 5.91 Å². The van der Waals surface area contributed by atoms with Crippen molar-refractivity contribution in [2.24, 2.45) is 0 Å². The molecule has 0 saturated carbocycles. The Morgan fingerprint density at radius 3 is 2.55 bits per heavy atom. The van der Waals surface area contributed by atoms with Crippen LogP contribution in [-0.4, -0.2) is 58.2 Å². The minimum atomic E-state index is -5.08. The highest BCUT2D eigenvalue weighted by molar-refractivity contribution is 6.02. The molecule has 1 fully saturated rings. The fraction of sp³-hybridized carbons (Fsp3) is 0.381. The van der Waals surface area contributed by atoms with E-state index in [9.17, 15) is 23.2 Å². The van der Waals surface area contributed by atoms with Crippen molar-refractivity contribution in [2.45, 2.75) is 31.5 Å². The maximum absolute atomic E-state index is 12.6. The van der Waals surface area contributed by atoms with Crippen molar-refractivity contribution >= 4 is 23.4 Å². The molecule has 0 unspecified atom stereocenters. The monoisotopic (exact) mass is 462 g/mol. The number of carbonyl (C=O) groups excluding carboxylic acids is 1. The van der Waals surface area contributed by atoms with E-state index in [2.05, 4.69) is 38.6 Å². The van der Waals surface area contributed by atoms with Gasteiger partial charge >= 0.3 is 12.1 Å². The van der Waals surface area contributed by atoms with Crippen LogP contribution in [-0.2, 0) is 10.3 Å². The number of rotatable bonds is 2. The van der Waals surface area contributed by atoms with Gasteiger partial charge in [-0.05, 0) is 50.1 Å². The minimum Gasteiger partial charge on any atom is -0.475 e. The molecule has 174 valence electrons. The lowest BCUT2D eigenvalue weighted by atomic mass is 9.81. The molecule has 2 aromatic rings. The molecule has 1 aromatic carbocycles. The third kappa shape index (κ3) is 5.04. The smallest absolute Gasteiger partial charge is 0.475 e. The molecule has 4 rings (SSSR count). The summed E-state index contributed by atoms with van der Waals surface area (Å²) in [7, 11) is 2.10. The van der Waals surface area contributed by atoms with E-state index in [1.54, 1.807) is 0 Å². The number of anilines is 2. The number of nitrogens with zero attached hydrogens (tertiary/aromatic N) is 4. The average Bonchev–Trinajstić information content (AvgIpc) is 3.02. The molecular formula is C21H21F3N6O3. The van der Waals surface area contributed by atoms with Crippen LogP contribution in [0.1, 0.15) is 39.9 Å². The number of likely N-dealkylation sites (tertiary alicyclic amines) is 1. The van der Waals surface area contributed by atoms with Crippen molar-refractivity contribution in [3.8, 4) is 6.07 Å². The van der Waals surface area contributed by atoms with Gasteiger partial charge in [-0.3, -0.25) is 4.79 Å². The van der Waals surface area contributed by atoms with Crippen LogP contribution in [0.3, 0.4) is 0 Å². The van der Waals surface area contributed by atoms with Crippen molar-refractivity contribution in [1.29, 1.82) is 5.26 Å². The molecule has 0 atom stereocenters. The number of hydrogen-bond acceptors (Lipinski definition) is 7. The number of carboxylic acids is 1. The number of aromatic nitrogens is 2. The van der Waals surface area contributed by atoms with E-state index in [0.29, 0.717) is 11.4 Å². The Bertz CT molecular complexity index is 1120. The van der Waals surface area contributed by atoms with Gasteiger partial charge in [0.2, 0.25) is 0 Å². The maximum Gasteiger partial charge on any atom is 0.490 e. The lowest BCUT2D eigenvalue weighted by Gasteiger charge is -2.38. The number of fused-ring (bicyclic) bond motifs is 2. The van der Waals surface area contributed by atoms with E-state index in [0.717, 1.165) is 48.3 Å². The second-order valence-corrected chi connectivity index (χ2v) is 7.88. The summed E-state index contributed by atoms with van der Waals surface area (Å²) in [6, 6.07) is 6.04. The van der Waals surface area contributed by atoms with Gasteiger partial charge in [-0.25, -0.2) is 14.8 Å². The van der Waals surface area contributed by atoms with Crippen LogP contribution in [0, 0.1) is 18.3 Å². The minimum absolute atomic E-state index is 0.00773. The summed E-state index contributed by atoms with van der Waals surface area (Å²) in [5.41, 5.74) is 3.66. The average molecular weight is 462 g/mol. The highest BCUT2D eigenvalue weighted by atomic mass is 19.4. The third-order valence-corrected chi connectivity index (χ3v) is 5.61. The zero-order valence-electron chi connectivity index (χ0n) is 17.8. The molecule has 1 saturated heterocycles. The van der Waals surface area contributed by atoms with Gasteiger partial charge in [-0.1, -0.05) is 0 Å². The topological polar surface area (TPSA) is 131 Å². The molecule has 2 aliphatic rings. The Kier molecular flexibility index (Phi) is 6.55. The Labute approximate surface area is 187 Å².